The number of aryl methyl sites for hydroxylation is 1. The van der Waals surface area contributed by atoms with E-state index in [1.807, 2.05) is 4.68 Å². The van der Waals surface area contributed by atoms with Crippen LogP contribution in [-0.2, 0) is 33.8 Å². The Kier molecular flexibility index (Phi) is 7.85. The monoisotopic (exact) mass is 380 g/mol. The van der Waals surface area contributed by atoms with E-state index >= 15 is 0 Å². The third kappa shape index (κ3) is 6.15. The molecule has 0 aromatic carbocycles. The maximum atomic E-state index is 5.69. The molecule has 3 heterocycles. The van der Waals surface area contributed by atoms with Crippen molar-refractivity contribution in [1.29, 1.82) is 0 Å². The maximum Gasteiger partial charge on any atom is 0.191 e. The second kappa shape index (κ2) is 10.6. The van der Waals surface area contributed by atoms with Crippen LogP contribution in [0.1, 0.15) is 37.3 Å². The summed E-state index contributed by atoms with van der Waals surface area (Å²) in [6.07, 6.45) is 5.42. The minimum Gasteiger partial charge on any atom is -0.379 e. The van der Waals surface area contributed by atoms with Gasteiger partial charge < -0.3 is 24.8 Å². The molecule has 2 unspecified atom stereocenters. The average molecular weight is 380 g/mol. The summed E-state index contributed by atoms with van der Waals surface area (Å²) in [4.78, 5) is 8.83. The lowest BCUT2D eigenvalue weighted by Gasteiger charge is -2.25. The Balaban J connectivity index is 1.32. The Hall–Kier alpha value is -1.71. The van der Waals surface area contributed by atoms with Crippen LogP contribution in [0.15, 0.2) is 4.99 Å². The summed E-state index contributed by atoms with van der Waals surface area (Å²) < 4.78 is 18.3. The summed E-state index contributed by atoms with van der Waals surface area (Å²) in [6.45, 7) is 4.39. The van der Waals surface area contributed by atoms with Crippen LogP contribution in [0.4, 0.5) is 0 Å². The lowest BCUT2D eigenvalue weighted by Crippen LogP contribution is -2.47. The Labute approximate surface area is 160 Å². The summed E-state index contributed by atoms with van der Waals surface area (Å²) in [7, 11) is 3.46. The van der Waals surface area contributed by atoms with Gasteiger partial charge in [-0.2, -0.15) is 5.10 Å². The standard InChI is InChI=1S/C18H32N6O3/c1-19-18(20-8-4-9-26-12-15-5-3-10-27-15)21-14-6-7-17-22-16(13-25-2)23-24(17)11-14/h14-15H,3-13H2,1-2H3,(H2,19,20,21). The molecule has 2 aliphatic heterocycles. The van der Waals surface area contributed by atoms with Gasteiger partial charge in [-0.15, -0.1) is 0 Å². The highest BCUT2D eigenvalue weighted by atomic mass is 16.5. The highest BCUT2D eigenvalue weighted by molar-refractivity contribution is 5.79. The van der Waals surface area contributed by atoms with Gasteiger partial charge >= 0.3 is 0 Å². The molecule has 0 saturated carbocycles. The Bertz CT molecular complexity index is 600. The van der Waals surface area contributed by atoms with Crippen LogP contribution in [0.3, 0.4) is 0 Å². The smallest absolute Gasteiger partial charge is 0.191 e. The molecule has 9 nitrogen and oxygen atoms in total. The highest BCUT2D eigenvalue weighted by Crippen LogP contribution is 2.13. The highest BCUT2D eigenvalue weighted by Gasteiger charge is 2.22. The minimum atomic E-state index is 0.288. The molecule has 0 aliphatic carbocycles. The Morgan fingerprint density at radius 2 is 2.33 bits per heavy atom. The number of hydrogen-bond acceptors (Lipinski definition) is 6. The number of methoxy groups -OCH3 is 1. The van der Waals surface area contributed by atoms with E-state index in [2.05, 4.69) is 25.7 Å². The molecular formula is C18H32N6O3. The molecule has 1 aromatic heterocycles. The normalized spacial score (nSPS) is 22.7. The zero-order valence-electron chi connectivity index (χ0n) is 16.4. The third-order valence-corrected chi connectivity index (χ3v) is 4.83. The van der Waals surface area contributed by atoms with Crippen LogP contribution in [0.2, 0.25) is 0 Å². The number of nitrogens with zero attached hydrogens (tertiary/aromatic N) is 4. The lowest BCUT2D eigenvalue weighted by atomic mass is 10.1. The van der Waals surface area contributed by atoms with Crippen LogP contribution in [0.25, 0.3) is 0 Å². The number of aliphatic imine (C=N–C) groups is 1. The molecule has 0 bridgehead atoms. The van der Waals surface area contributed by atoms with Crippen LogP contribution < -0.4 is 10.6 Å². The lowest BCUT2D eigenvalue weighted by molar-refractivity contribution is 0.0168. The fourth-order valence-corrected chi connectivity index (χ4v) is 3.43. The van der Waals surface area contributed by atoms with Crippen molar-refractivity contribution in [3.8, 4) is 0 Å². The predicted octanol–water partition coefficient (Wildman–Crippen LogP) is 0.490. The fourth-order valence-electron chi connectivity index (χ4n) is 3.43. The van der Waals surface area contributed by atoms with Crippen molar-refractivity contribution in [2.45, 2.75) is 57.4 Å². The second-order valence-corrected chi connectivity index (χ2v) is 7.00. The van der Waals surface area contributed by atoms with Gasteiger partial charge in [0.1, 0.15) is 12.4 Å². The van der Waals surface area contributed by atoms with Crippen LogP contribution >= 0.6 is 0 Å². The molecule has 2 N–H and O–H groups in total. The van der Waals surface area contributed by atoms with Gasteiger partial charge in [-0.3, -0.25) is 4.99 Å². The first-order valence-electron chi connectivity index (χ1n) is 9.86. The van der Waals surface area contributed by atoms with E-state index in [1.165, 1.54) is 0 Å². The number of hydrogen-bond donors (Lipinski definition) is 2. The predicted molar refractivity (Wildman–Crippen MR) is 102 cm³/mol. The number of guanidine groups is 1. The van der Waals surface area contributed by atoms with Crippen molar-refractivity contribution in [3.63, 3.8) is 0 Å². The summed E-state index contributed by atoms with van der Waals surface area (Å²) in [5.41, 5.74) is 0. The summed E-state index contributed by atoms with van der Waals surface area (Å²) in [5, 5.41) is 11.3. The Morgan fingerprint density at radius 3 is 3.11 bits per heavy atom. The number of ether oxygens (including phenoxy) is 3. The second-order valence-electron chi connectivity index (χ2n) is 7.00. The fraction of sp³-hybridized carbons (Fsp3) is 0.833. The SMILES string of the molecule is CN=C(NCCCOCC1CCCO1)NC1CCc2nc(COC)nn2C1. The molecular weight excluding hydrogens is 348 g/mol. The Morgan fingerprint density at radius 1 is 1.41 bits per heavy atom. The van der Waals surface area contributed by atoms with Gasteiger partial charge in [-0.25, -0.2) is 9.67 Å². The van der Waals surface area contributed by atoms with E-state index in [-0.39, 0.29) is 6.04 Å². The molecule has 0 amide bonds. The minimum absolute atomic E-state index is 0.288. The van der Waals surface area contributed by atoms with Crippen molar-refractivity contribution in [1.82, 2.24) is 25.4 Å². The van der Waals surface area contributed by atoms with E-state index in [9.17, 15) is 0 Å². The van der Waals surface area contributed by atoms with Gasteiger partial charge in [0.05, 0.1) is 19.3 Å². The van der Waals surface area contributed by atoms with Gasteiger partial charge in [0.15, 0.2) is 11.8 Å². The van der Waals surface area contributed by atoms with Gasteiger partial charge in [-0.05, 0) is 25.7 Å². The topological polar surface area (TPSA) is 94.8 Å². The first-order chi connectivity index (χ1) is 13.3. The van der Waals surface area contributed by atoms with E-state index in [4.69, 9.17) is 14.2 Å². The van der Waals surface area contributed by atoms with Gasteiger partial charge in [0, 0.05) is 46.4 Å². The third-order valence-electron chi connectivity index (χ3n) is 4.83. The van der Waals surface area contributed by atoms with Crippen LogP contribution in [-0.4, -0.2) is 73.4 Å². The zero-order valence-corrected chi connectivity index (χ0v) is 16.4. The van der Waals surface area contributed by atoms with Crippen molar-refractivity contribution in [2.75, 3.05) is 40.5 Å². The molecule has 27 heavy (non-hydrogen) atoms. The molecule has 3 rings (SSSR count). The molecule has 152 valence electrons. The van der Waals surface area contributed by atoms with Gasteiger partial charge in [0.25, 0.3) is 0 Å². The largest absolute Gasteiger partial charge is 0.379 e. The number of nitrogens with one attached hydrogen (secondary N) is 2. The molecule has 9 heteroatoms. The molecule has 1 saturated heterocycles. The number of aromatic nitrogens is 3. The van der Waals surface area contributed by atoms with Crippen molar-refractivity contribution < 1.29 is 14.2 Å². The molecule has 2 aliphatic rings. The van der Waals surface area contributed by atoms with Crippen LogP contribution in [0.5, 0.6) is 0 Å². The zero-order chi connectivity index (χ0) is 18.9. The summed E-state index contributed by atoms with van der Waals surface area (Å²) in [6, 6.07) is 0.288. The van der Waals surface area contributed by atoms with Gasteiger partial charge in [0.2, 0.25) is 0 Å². The van der Waals surface area contributed by atoms with E-state index < -0.39 is 0 Å². The van der Waals surface area contributed by atoms with E-state index in [0.29, 0.717) is 19.3 Å². The summed E-state index contributed by atoms with van der Waals surface area (Å²) in [5.74, 6) is 2.60. The van der Waals surface area contributed by atoms with Crippen molar-refractivity contribution in [3.05, 3.63) is 11.6 Å². The first-order valence-corrected chi connectivity index (χ1v) is 9.86. The van der Waals surface area contributed by atoms with Crippen LogP contribution in [0, 0.1) is 0 Å². The van der Waals surface area contributed by atoms with E-state index in [0.717, 1.165) is 76.0 Å². The number of fused-ring (bicyclic) bond motifs is 1. The van der Waals surface area contributed by atoms with Crippen molar-refractivity contribution >= 4 is 5.96 Å². The molecule has 0 radical (unpaired) electrons. The number of rotatable bonds is 9. The molecule has 1 aromatic rings. The molecule has 1 fully saturated rings. The molecule has 2 atom stereocenters. The van der Waals surface area contributed by atoms with Crippen molar-refractivity contribution in [2.24, 2.45) is 4.99 Å². The van der Waals surface area contributed by atoms with E-state index in [1.54, 1.807) is 14.2 Å². The summed E-state index contributed by atoms with van der Waals surface area (Å²) >= 11 is 0. The average Bonchev–Trinajstić information content (AvgIpc) is 3.32. The van der Waals surface area contributed by atoms with Gasteiger partial charge in [-0.1, -0.05) is 0 Å². The maximum absolute atomic E-state index is 5.69. The first kappa shape index (κ1) is 20.0. The molecule has 0 spiro atoms. The quantitative estimate of drug-likeness (QED) is 0.366.